The van der Waals surface area contributed by atoms with E-state index < -0.39 is 29.0 Å². The number of ether oxygens (including phenoxy) is 1. The zero-order chi connectivity index (χ0) is 17.3. The van der Waals surface area contributed by atoms with E-state index in [2.05, 4.69) is 0 Å². The molecular formula is C17H22FNO4. The normalized spacial score (nSPS) is 21.3. The molecule has 0 bridgehead atoms. The molecule has 0 spiro atoms. The summed E-state index contributed by atoms with van der Waals surface area (Å²) in [6, 6.07) is 5.81. The fraction of sp³-hybridized carbons (Fsp3) is 0.529. The summed E-state index contributed by atoms with van der Waals surface area (Å²) >= 11 is 0. The molecule has 1 aliphatic rings. The third kappa shape index (κ3) is 3.81. The second-order valence-electron chi connectivity index (χ2n) is 6.88. The Morgan fingerprint density at radius 2 is 2.09 bits per heavy atom. The number of hydrogen-bond donors (Lipinski definition) is 1. The average molecular weight is 323 g/mol. The van der Waals surface area contributed by atoms with E-state index in [1.54, 1.807) is 26.8 Å². The fourth-order valence-corrected chi connectivity index (χ4v) is 2.93. The van der Waals surface area contributed by atoms with Crippen LogP contribution in [0.25, 0.3) is 0 Å². The molecule has 5 nitrogen and oxygen atoms in total. The maximum absolute atomic E-state index is 13.4. The third-order valence-electron chi connectivity index (χ3n) is 3.89. The van der Waals surface area contributed by atoms with Crippen LogP contribution in [0.4, 0.5) is 9.18 Å². The van der Waals surface area contributed by atoms with Gasteiger partial charge in [0.05, 0.1) is 0 Å². The minimum Gasteiger partial charge on any atom is -0.479 e. The molecule has 1 aromatic rings. The van der Waals surface area contributed by atoms with Crippen LogP contribution in [0.15, 0.2) is 24.3 Å². The molecule has 23 heavy (non-hydrogen) atoms. The molecule has 0 saturated carbocycles. The number of nitrogens with zero attached hydrogens (tertiary/aromatic N) is 1. The molecule has 0 aliphatic carbocycles. The van der Waals surface area contributed by atoms with Gasteiger partial charge in [0.15, 0.2) is 0 Å². The number of likely N-dealkylation sites (tertiary alicyclic amines) is 1. The summed E-state index contributed by atoms with van der Waals surface area (Å²) < 4.78 is 18.7. The molecule has 0 aromatic heterocycles. The maximum Gasteiger partial charge on any atom is 0.411 e. The summed E-state index contributed by atoms with van der Waals surface area (Å²) in [6.07, 6.45) is 0.298. The van der Waals surface area contributed by atoms with Crippen LogP contribution >= 0.6 is 0 Å². The van der Waals surface area contributed by atoms with Gasteiger partial charge in [0.2, 0.25) is 0 Å². The van der Waals surface area contributed by atoms with Crippen molar-refractivity contribution in [1.82, 2.24) is 4.90 Å². The molecular weight excluding hydrogens is 301 g/mol. The van der Waals surface area contributed by atoms with Crippen molar-refractivity contribution in [3.05, 3.63) is 35.6 Å². The van der Waals surface area contributed by atoms with Crippen molar-refractivity contribution in [2.24, 2.45) is 0 Å². The van der Waals surface area contributed by atoms with Gasteiger partial charge in [0.25, 0.3) is 0 Å². The largest absolute Gasteiger partial charge is 0.479 e. The number of carboxylic acids is 1. The van der Waals surface area contributed by atoms with Crippen LogP contribution in [-0.2, 0) is 16.0 Å². The monoisotopic (exact) mass is 323 g/mol. The Morgan fingerprint density at radius 3 is 2.65 bits per heavy atom. The SMILES string of the molecule is CC(C)(C)OC(=O)N1CCC[C@]1(Cc1cccc(F)c1)C(=O)O. The molecule has 0 unspecified atom stereocenters. The molecule has 6 heteroatoms. The van der Waals surface area contributed by atoms with Gasteiger partial charge in [0.1, 0.15) is 17.0 Å². The Labute approximate surface area is 135 Å². The van der Waals surface area contributed by atoms with E-state index in [1.165, 1.54) is 23.1 Å². The molecule has 126 valence electrons. The highest BCUT2D eigenvalue weighted by molar-refractivity contribution is 5.85. The predicted molar refractivity (Wildman–Crippen MR) is 82.6 cm³/mol. The van der Waals surface area contributed by atoms with Gasteiger partial charge < -0.3 is 9.84 Å². The van der Waals surface area contributed by atoms with Gasteiger partial charge in [-0.05, 0) is 51.3 Å². The number of hydrogen-bond acceptors (Lipinski definition) is 3. The van der Waals surface area contributed by atoms with Gasteiger partial charge in [-0.2, -0.15) is 0 Å². The molecule has 1 amide bonds. The van der Waals surface area contributed by atoms with Crippen molar-refractivity contribution in [2.75, 3.05) is 6.54 Å². The summed E-state index contributed by atoms with van der Waals surface area (Å²) in [5.41, 5.74) is -1.55. The first-order chi connectivity index (χ1) is 10.6. The topological polar surface area (TPSA) is 66.8 Å². The van der Waals surface area contributed by atoms with E-state index in [9.17, 15) is 19.1 Å². The lowest BCUT2D eigenvalue weighted by atomic mass is 9.88. The van der Waals surface area contributed by atoms with Gasteiger partial charge in [-0.3, -0.25) is 4.90 Å². The lowest BCUT2D eigenvalue weighted by Crippen LogP contribution is -2.55. The average Bonchev–Trinajstić information content (AvgIpc) is 2.82. The zero-order valence-electron chi connectivity index (χ0n) is 13.6. The first kappa shape index (κ1) is 17.2. The molecule has 1 aliphatic heterocycles. The number of aliphatic carboxylic acids is 1. The second kappa shape index (κ2) is 6.18. The van der Waals surface area contributed by atoms with Gasteiger partial charge in [-0.1, -0.05) is 12.1 Å². The van der Waals surface area contributed by atoms with Gasteiger partial charge in [-0.25, -0.2) is 14.0 Å². The molecule has 1 heterocycles. The van der Waals surface area contributed by atoms with E-state index in [1.807, 2.05) is 0 Å². The van der Waals surface area contributed by atoms with Gasteiger partial charge in [0, 0.05) is 13.0 Å². The van der Waals surface area contributed by atoms with E-state index in [0.29, 0.717) is 24.9 Å². The number of carbonyl (C=O) groups excluding carboxylic acids is 1. The maximum atomic E-state index is 13.4. The summed E-state index contributed by atoms with van der Waals surface area (Å²) in [6.45, 7) is 5.51. The number of carbonyl (C=O) groups is 2. The summed E-state index contributed by atoms with van der Waals surface area (Å²) in [5, 5.41) is 9.77. The van der Waals surface area contributed by atoms with Gasteiger partial charge >= 0.3 is 12.1 Å². The number of amides is 1. The van der Waals surface area contributed by atoms with E-state index in [0.717, 1.165) is 0 Å². The van der Waals surface area contributed by atoms with Crippen LogP contribution in [0.5, 0.6) is 0 Å². The lowest BCUT2D eigenvalue weighted by molar-refractivity contribution is -0.149. The van der Waals surface area contributed by atoms with Crippen molar-refractivity contribution in [1.29, 1.82) is 0 Å². The van der Waals surface area contributed by atoms with E-state index >= 15 is 0 Å². The first-order valence-electron chi connectivity index (χ1n) is 7.62. The standard InChI is InChI=1S/C17H22FNO4/c1-16(2,3)23-15(22)19-9-5-8-17(19,14(20)21)11-12-6-4-7-13(18)10-12/h4,6-7,10H,5,8-9,11H2,1-3H3,(H,20,21)/t17-/m0/s1. The van der Waals surface area contributed by atoms with Crippen LogP contribution in [0.2, 0.25) is 0 Å². The van der Waals surface area contributed by atoms with E-state index in [-0.39, 0.29) is 6.42 Å². The Kier molecular flexibility index (Phi) is 4.63. The molecule has 0 radical (unpaired) electrons. The highest BCUT2D eigenvalue weighted by atomic mass is 19.1. The fourth-order valence-electron chi connectivity index (χ4n) is 2.93. The Morgan fingerprint density at radius 1 is 1.39 bits per heavy atom. The Hall–Kier alpha value is -2.11. The lowest BCUT2D eigenvalue weighted by Gasteiger charge is -2.36. The zero-order valence-corrected chi connectivity index (χ0v) is 13.6. The van der Waals surface area contributed by atoms with E-state index in [4.69, 9.17) is 4.74 Å². The second-order valence-corrected chi connectivity index (χ2v) is 6.88. The molecule has 1 atom stereocenters. The van der Waals surface area contributed by atoms with Crippen molar-refractivity contribution in [3.8, 4) is 0 Å². The molecule has 1 fully saturated rings. The predicted octanol–water partition coefficient (Wildman–Crippen LogP) is 3.22. The summed E-state index contributed by atoms with van der Waals surface area (Å²) in [7, 11) is 0. The van der Waals surface area contributed by atoms with Crippen molar-refractivity contribution in [3.63, 3.8) is 0 Å². The molecule has 2 rings (SSSR count). The van der Waals surface area contributed by atoms with Crippen LogP contribution < -0.4 is 0 Å². The van der Waals surface area contributed by atoms with Crippen LogP contribution in [-0.4, -0.2) is 39.8 Å². The Bertz CT molecular complexity index is 611. The van der Waals surface area contributed by atoms with Crippen molar-refractivity contribution >= 4 is 12.1 Å². The summed E-state index contributed by atoms with van der Waals surface area (Å²) in [5.74, 6) is -1.52. The van der Waals surface area contributed by atoms with Crippen LogP contribution in [0, 0.1) is 5.82 Å². The van der Waals surface area contributed by atoms with Crippen molar-refractivity contribution in [2.45, 2.75) is 51.2 Å². The smallest absolute Gasteiger partial charge is 0.411 e. The highest BCUT2D eigenvalue weighted by Gasteiger charge is 2.51. The minimum atomic E-state index is -1.39. The van der Waals surface area contributed by atoms with Crippen molar-refractivity contribution < 1.29 is 23.8 Å². The minimum absolute atomic E-state index is 0.0549. The third-order valence-corrected chi connectivity index (χ3v) is 3.89. The number of halogens is 1. The number of carboxylic acid groups (broad SMARTS) is 1. The molecule has 1 saturated heterocycles. The summed E-state index contributed by atoms with van der Waals surface area (Å²) in [4.78, 5) is 25.6. The highest BCUT2D eigenvalue weighted by Crippen LogP contribution is 2.34. The number of rotatable bonds is 3. The number of benzene rings is 1. The quantitative estimate of drug-likeness (QED) is 0.927. The van der Waals surface area contributed by atoms with Gasteiger partial charge in [-0.15, -0.1) is 0 Å². The first-order valence-corrected chi connectivity index (χ1v) is 7.62. The molecule has 1 aromatic carbocycles. The van der Waals surface area contributed by atoms with Crippen LogP contribution in [0.1, 0.15) is 39.2 Å². The van der Waals surface area contributed by atoms with Crippen LogP contribution in [0.3, 0.4) is 0 Å². The Balaban J connectivity index is 2.31. The molecule has 1 N–H and O–H groups in total.